The predicted molar refractivity (Wildman–Crippen MR) is 93.5 cm³/mol. The molecule has 1 aliphatic carbocycles. The first-order chi connectivity index (χ1) is 12.0. The first kappa shape index (κ1) is 17.4. The summed E-state index contributed by atoms with van der Waals surface area (Å²) < 4.78 is 6.62. The number of benzene rings is 1. The molecule has 1 aromatic carbocycles. The van der Waals surface area contributed by atoms with Crippen molar-refractivity contribution in [1.82, 2.24) is 25.5 Å². The Morgan fingerprint density at radius 3 is 2.72 bits per heavy atom. The van der Waals surface area contributed by atoms with Crippen LogP contribution in [-0.2, 0) is 10.3 Å². The maximum Gasteiger partial charge on any atom is 0.407 e. The molecule has 0 aliphatic heterocycles. The number of hydrogen-bond acceptors (Lipinski definition) is 5. The molecule has 1 aliphatic rings. The van der Waals surface area contributed by atoms with Crippen LogP contribution in [0.1, 0.15) is 49.6 Å². The molecule has 0 saturated heterocycles. The lowest BCUT2D eigenvalue weighted by Crippen LogP contribution is -2.49. The Morgan fingerprint density at radius 1 is 1.32 bits per heavy atom. The minimum Gasteiger partial charge on any atom is -0.453 e. The van der Waals surface area contributed by atoms with Crippen molar-refractivity contribution in [3.63, 3.8) is 0 Å². The Hall–Kier alpha value is -2.44. The van der Waals surface area contributed by atoms with Crippen LogP contribution in [0.25, 0.3) is 5.69 Å². The lowest BCUT2D eigenvalue weighted by Gasteiger charge is -2.38. The molecule has 0 radical (unpaired) electrons. The summed E-state index contributed by atoms with van der Waals surface area (Å²) in [6, 6.07) is 6.06. The Kier molecular flexibility index (Phi) is 4.74. The molecule has 2 aromatic rings. The second kappa shape index (κ2) is 6.82. The van der Waals surface area contributed by atoms with Crippen LogP contribution >= 0.6 is 0 Å². The fourth-order valence-corrected chi connectivity index (χ4v) is 3.52. The number of ether oxygens (including phenoxy) is 1. The number of nitrogens with zero attached hydrogens (tertiary/aromatic N) is 4. The molecular formula is C18H25N5O2. The standard InChI is InChI=1S/C18H25N5O2/c1-12-8-10-18(11-9-12,19-17(24)25-4)16-20-21-22-23(16)15-7-5-6-13(2)14(15)3/h5-7,12H,8-11H2,1-4H3,(H,19,24). The van der Waals surface area contributed by atoms with E-state index in [2.05, 4.69) is 47.7 Å². The normalized spacial score (nSPS) is 23.3. The van der Waals surface area contributed by atoms with Gasteiger partial charge in [0.25, 0.3) is 0 Å². The summed E-state index contributed by atoms with van der Waals surface area (Å²) >= 11 is 0. The van der Waals surface area contributed by atoms with E-state index in [1.807, 2.05) is 12.1 Å². The first-order valence-electron chi connectivity index (χ1n) is 8.68. The summed E-state index contributed by atoms with van der Waals surface area (Å²) in [4.78, 5) is 12.0. The van der Waals surface area contributed by atoms with Gasteiger partial charge in [0.2, 0.25) is 0 Å². The third-order valence-electron chi connectivity index (χ3n) is 5.36. The van der Waals surface area contributed by atoms with E-state index in [1.54, 1.807) is 4.68 Å². The van der Waals surface area contributed by atoms with E-state index < -0.39 is 11.6 Å². The molecule has 1 fully saturated rings. The number of carbonyl (C=O) groups is 1. The van der Waals surface area contributed by atoms with E-state index in [0.717, 1.165) is 36.9 Å². The fraction of sp³-hybridized carbons (Fsp3) is 0.556. The van der Waals surface area contributed by atoms with Crippen molar-refractivity contribution in [3.05, 3.63) is 35.2 Å². The van der Waals surface area contributed by atoms with E-state index >= 15 is 0 Å². The van der Waals surface area contributed by atoms with Gasteiger partial charge in [0.1, 0.15) is 5.54 Å². The molecule has 1 N–H and O–H groups in total. The number of alkyl carbamates (subject to hydrolysis) is 1. The summed E-state index contributed by atoms with van der Waals surface area (Å²) in [6.07, 6.45) is 3.13. The van der Waals surface area contributed by atoms with E-state index in [4.69, 9.17) is 4.74 Å². The molecule has 0 atom stereocenters. The van der Waals surface area contributed by atoms with Gasteiger partial charge in [-0.15, -0.1) is 5.10 Å². The third kappa shape index (κ3) is 3.23. The molecule has 7 nitrogen and oxygen atoms in total. The second-order valence-electron chi connectivity index (χ2n) is 7.01. The van der Waals surface area contributed by atoms with Crippen LogP contribution in [0.2, 0.25) is 0 Å². The van der Waals surface area contributed by atoms with Gasteiger partial charge in [0.15, 0.2) is 5.82 Å². The second-order valence-corrected chi connectivity index (χ2v) is 7.01. The first-order valence-corrected chi connectivity index (χ1v) is 8.68. The van der Waals surface area contributed by atoms with Crippen LogP contribution in [-0.4, -0.2) is 33.4 Å². The van der Waals surface area contributed by atoms with Crippen LogP contribution in [0.15, 0.2) is 18.2 Å². The zero-order valence-electron chi connectivity index (χ0n) is 15.2. The highest BCUT2D eigenvalue weighted by atomic mass is 16.5. The number of nitrogens with one attached hydrogen (secondary N) is 1. The minimum absolute atomic E-state index is 0.454. The van der Waals surface area contributed by atoms with E-state index in [9.17, 15) is 4.79 Å². The van der Waals surface area contributed by atoms with Crippen LogP contribution in [0.5, 0.6) is 0 Å². The molecule has 0 unspecified atom stereocenters. The zero-order chi connectivity index (χ0) is 18.0. The molecule has 0 bridgehead atoms. The van der Waals surface area contributed by atoms with Crippen molar-refractivity contribution in [3.8, 4) is 5.69 Å². The highest BCUT2D eigenvalue weighted by molar-refractivity contribution is 5.68. The van der Waals surface area contributed by atoms with E-state index in [1.165, 1.54) is 12.7 Å². The quantitative estimate of drug-likeness (QED) is 0.926. The van der Waals surface area contributed by atoms with Crippen molar-refractivity contribution >= 4 is 6.09 Å². The lowest BCUT2D eigenvalue weighted by molar-refractivity contribution is 0.130. The minimum atomic E-state index is -0.612. The number of tetrazole rings is 1. The van der Waals surface area contributed by atoms with Gasteiger partial charge in [-0.3, -0.25) is 0 Å². The number of hydrogen-bond donors (Lipinski definition) is 1. The predicted octanol–water partition coefficient (Wildman–Crippen LogP) is 3.04. The number of aromatic nitrogens is 4. The average Bonchev–Trinajstić information content (AvgIpc) is 3.09. The van der Waals surface area contributed by atoms with E-state index in [0.29, 0.717) is 11.7 Å². The molecule has 1 amide bonds. The Labute approximate surface area is 147 Å². The van der Waals surface area contributed by atoms with Gasteiger partial charge in [0, 0.05) is 0 Å². The van der Waals surface area contributed by atoms with Gasteiger partial charge >= 0.3 is 6.09 Å². The Balaban J connectivity index is 2.08. The summed E-state index contributed by atoms with van der Waals surface area (Å²) in [5.41, 5.74) is 2.61. The van der Waals surface area contributed by atoms with Crippen LogP contribution < -0.4 is 5.32 Å². The Morgan fingerprint density at radius 2 is 2.04 bits per heavy atom. The van der Waals surface area contributed by atoms with Gasteiger partial charge < -0.3 is 10.1 Å². The van der Waals surface area contributed by atoms with Crippen molar-refractivity contribution in [2.45, 2.75) is 52.0 Å². The summed E-state index contributed by atoms with van der Waals surface area (Å²) in [5.74, 6) is 1.29. The molecule has 0 spiro atoms. The maximum atomic E-state index is 12.0. The molecule has 25 heavy (non-hydrogen) atoms. The Bertz CT molecular complexity index is 763. The fourth-order valence-electron chi connectivity index (χ4n) is 3.52. The topological polar surface area (TPSA) is 81.9 Å². The number of carbonyl (C=O) groups excluding carboxylic acids is 1. The zero-order valence-corrected chi connectivity index (χ0v) is 15.2. The van der Waals surface area contributed by atoms with Crippen molar-refractivity contribution in [2.24, 2.45) is 5.92 Å². The highest BCUT2D eigenvalue weighted by Gasteiger charge is 2.42. The third-order valence-corrected chi connectivity index (χ3v) is 5.36. The highest BCUT2D eigenvalue weighted by Crippen LogP contribution is 2.39. The van der Waals surface area contributed by atoms with Crippen LogP contribution in [0.4, 0.5) is 4.79 Å². The molecular weight excluding hydrogens is 318 g/mol. The smallest absolute Gasteiger partial charge is 0.407 e. The number of aryl methyl sites for hydroxylation is 1. The van der Waals surface area contributed by atoms with Crippen molar-refractivity contribution < 1.29 is 9.53 Å². The molecule has 3 rings (SSSR count). The van der Waals surface area contributed by atoms with E-state index in [-0.39, 0.29) is 0 Å². The molecule has 134 valence electrons. The summed E-state index contributed by atoms with van der Waals surface area (Å²) in [5, 5.41) is 15.5. The number of amides is 1. The van der Waals surface area contributed by atoms with Gasteiger partial charge in [-0.25, -0.2) is 4.79 Å². The molecule has 1 saturated carbocycles. The van der Waals surface area contributed by atoms with Gasteiger partial charge in [0.05, 0.1) is 12.8 Å². The van der Waals surface area contributed by atoms with Crippen LogP contribution in [0.3, 0.4) is 0 Å². The van der Waals surface area contributed by atoms with Crippen molar-refractivity contribution in [2.75, 3.05) is 7.11 Å². The number of rotatable bonds is 3. The van der Waals surface area contributed by atoms with Gasteiger partial charge in [-0.2, -0.15) is 4.68 Å². The lowest BCUT2D eigenvalue weighted by atomic mass is 9.76. The number of methoxy groups -OCH3 is 1. The van der Waals surface area contributed by atoms with Gasteiger partial charge in [-0.05, 0) is 73.1 Å². The largest absolute Gasteiger partial charge is 0.453 e. The SMILES string of the molecule is COC(=O)NC1(c2nnnn2-c2cccc(C)c2C)CCC(C)CC1. The molecule has 1 heterocycles. The van der Waals surface area contributed by atoms with Crippen molar-refractivity contribution in [1.29, 1.82) is 0 Å². The summed E-state index contributed by atoms with van der Waals surface area (Å²) in [6.45, 7) is 6.35. The summed E-state index contributed by atoms with van der Waals surface area (Å²) in [7, 11) is 1.38. The maximum absolute atomic E-state index is 12.0. The monoisotopic (exact) mass is 343 g/mol. The van der Waals surface area contributed by atoms with Crippen LogP contribution in [0, 0.1) is 19.8 Å². The molecule has 1 aromatic heterocycles. The molecule has 7 heteroatoms. The van der Waals surface area contributed by atoms with Gasteiger partial charge in [-0.1, -0.05) is 19.1 Å². The average molecular weight is 343 g/mol.